The van der Waals surface area contributed by atoms with Crippen LogP contribution in [0, 0.1) is 5.82 Å². The van der Waals surface area contributed by atoms with Gasteiger partial charge in [0.2, 0.25) is 0 Å². The summed E-state index contributed by atoms with van der Waals surface area (Å²) < 4.78 is 21.7. The average molecular weight is 458 g/mol. The zero-order valence-electron chi connectivity index (χ0n) is 17.3. The average Bonchev–Trinajstić information content (AvgIpc) is 3.33. The first-order chi connectivity index (χ1) is 15.4. The number of amides is 2. The van der Waals surface area contributed by atoms with Crippen molar-refractivity contribution in [3.05, 3.63) is 47.0 Å². The Morgan fingerprint density at radius 2 is 2.06 bits per heavy atom. The molecule has 1 aliphatic heterocycles. The Balaban J connectivity index is 1.33. The predicted molar refractivity (Wildman–Crippen MR) is 116 cm³/mol. The Kier molecular flexibility index (Phi) is 5.21. The van der Waals surface area contributed by atoms with Crippen LogP contribution in [0.5, 0.6) is 0 Å². The normalized spacial score (nSPS) is 18.2. The van der Waals surface area contributed by atoms with E-state index in [0.717, 1.165) is 18.4 Å². The summed E-state index contributed by atoms with van der Waals surface area (Å²) >= 11 is 6.14. The zero-order chi connectivity index (χ0) is 22.4. The zero-order valence-corrected chi connectivity index (χ0v) is 18.1. The van der Waals surface area contributed by atoms with Crippen LogP contribution in [0.4, 0.5) is 14.9 Å². The fourth-order valence-corrected chi connectivity index (χ4v) is 4.24. The highest BCUT2D eigenvalue weighted by atomic mass is 35.5. The number of aromatic nitrogens is 3. The molecular weight excluding hydrogens is 437 g/mol. The minimum Gasteiger partial charge on any atom is -0.461 e. The van der Waals surface area contributed by atoms with Crippen LogP contribution < -0.4 is 5.32 Å². The third kappa shape index (κ3) is 4.12. The molecule has 1 aliphatic carbocycles. The van der Waals surface area contributed by atoms with Crippen LogP contribution >= 0.6 is 11.6 Å². The van der Waals surface area contributed by atoms with E-state index >= 15 is 0 Å². The van der Waals surface area contributed by atoms with Crippen molar-refractivity contribution in [1.82, 2.24) is 19.5 Å². The Labute approximate surface area is 188 Å². The molecule has 1 N–H and O–H groups in total. The quantitative estimate of drug-likeness (QED) is 0.592. The summed E-state index contributed by atoms with van der Waals surface area (Å²) in [4.78, 5) is 29.7. The number of carbonyl (C=O) groups is 2. The Morgan fingerprint density at radius 1 is 1.25 bits per heavy atom. The molecule has 32 heavy (non-hydrogen) atoms. The van der Waals surface area contributed by atoms with Crippen molar-refractivity contribution in [3.8, 4) is 11.3 Å². The van der Waals surface area contributed by atoms with Gasteiger partial charge in [0.25, 0.3) is 0 Å². The molecule has 3 aromatic rings. The van der Waals surface area contributed by atoms with Crippen molar-refractivity contribution in [1.29, 1.82) is 0 Å². The van der Waals surface area contributed by atoms with Gasteiger partial charge in [0.1, 0.15) is 17.1 Å². The number of nitrogens with one attached hydrogen (secondary N) is 1. The molecule has 1 saturated carbocycles. The van der Waals surface area contributed by atoms with E-state index in [2.05, 4.69) is 15.4 Å². The van der Waals surface area contributed by atoms with Gasteiger partial charge in [-0.25, -0.2) is 18.7 Å². The third-order valence-corrected chi connectivity index (χ3v) is 5.89. The summed E-state index contributed by atoms with van der Waals surface area (Å²) in [5.41, 5.74) is 2.79. The number of halogens is 2. The monoisotopic (exact) mass is 457 g/mol. The largest absolute Gasteiger partial charge is 0.461 e. The number of anilines is 1. The summed E-state index contributed by atoms with van der Waals surface area (Å²) in [6, 6.07) is 5.93. The SMILES string of the molecule is CC(=O)OC1CCN(C(=O)Nc2ccc(-c3cn4nc(Cl)cc(C5CC5)c4n3)c(F)c2)C1. The van der Waals surface area contributed by atoms with E-state index < -0.39 is 5.82 Å². The van der Waals surface area contributed by atoms with Crippen LogP contribution in [-0.2, 0) is 9.53 Å². The molecule has 166 valence electrons. The third-order valence-electron chi connectivity index (χ3n) is 5.70. The molecule has 1 aromatic carbocycles. The van der Waals surface area contributed by atoms with E-state index in [1.54, 1.807) is 22.8 Å². The Bertz CT molecular complexity index is 1230. The fraction of sp³-hybridized carbons (Fsp3) is 0.364. The van der Waals surface area contributed by atoms with Crippen LogP contribution in [-0.4, -0.2) is 50.7 Å². The first kappa shape index (κ1) is 20.7. The molecule has 2 fully saturated rings. The van der Waals surface area contributed by atoms with E-state index in [-0.39, 0.29) is 18.1 Å². The Morgan fingerprint density at radius 3 is 2.78 bits per heavy atom. The Hall–Kier alpha value is -3.20. The summed E-state index contributed by atoms with van der Waals surface area (Å²) in [5, 5.41) is 7.32. The molecule has 0 bridgehead atoms. The number of hydrogen-bond acceptors (Lipinski definition) is 5. The number of likely N-dealkylation sites (tertiary alicyclic amines) is 1. The maximum atomic E-state index is 14.9. The number of rotatable bonds is 4. The van der Waals surface area contributed by atoms with Gasteiger partial charge in [-0.15, -0.1) is 0 Å². The van der Waals surface area contributed by atoms with Crippen molar-refractivity contribution in [3.63, 3.8) is 0 Å². The molecule has 1 saturated heterocycles. The van der Waals surface area contributed by atoms with Crippen LogP contribution in [0.25, 0.3) is 16.9 Å². The lowest BCUT2D eigenvalue weighted by Crippen LogP contribution is -2.34. The van der Waals surface area contributed by atoms with E-state index in [9.17, 15) is 14.0 Å². The summed E-state index contributed by atoms with van der Waals surface area (Å²) in [7, 11) is 0. The number of esters is 1. The standard InChI is InChI=1S/C22H21ClFN5O3/c1-12(30)32-15-6-7-28(10-15)22(31)25-14-4-5-16(18(24)8-14)19-11-29-21(26-19)17(13-2-3-13)9-20(23)27-29/h4-5,8-9,11,13,15H,2-3,6-7,10H2,1H3,(H,25,31). The number of hydrogen-bond donors (Lipinski definition) is 1. The maximum Gasteiger partial charge on any atom is 0.321 e. The second-order valence-electron chi connectivity index (χ2n) is 8.18. The highest BCUT2D eigenvalue weighted by Crippen LogP contribution is 2.42. The maximum absolute atomic E-state index is 14.9. The molecule has 5 rings (SSSR count). The molecule has 0 radical (unpaired) electrons. The van der Waals surface area contributed by atoms with E-state index in [1.807, 2.05) is 6.07 Å². The lowest BCUT2D eigenvalue weighted by Gasteiger charge is -2.17. The van der Waals surface area contributed by atoms with Crippen molar-refractivity contribution < 1.29 is 18.7 Å². The lowest BCUT2D eigenvalue weighted by atomic mass is 10.1. The second-order valence-corrected chi connectivity index (χ2v) is 8.57. The lowest BCUT2D eigenvalue weighted by molar-refractivity contribution is -0.145. The second kappa shape index (κ2) is 8.05. The highest BCUT2D eigenvalue weighted by Gasteiger charge is 2.29. The summed E-state index contributed by atoms with van der Waals surface area (Å²) in [6.45, 7) is 2.12. The van der Waals surface area contributed by atoms with Crippen molar-refractivity contribution in [2.24, 2.45) is 0 Å². The number of carbonyl (C=O) groups excluding carboxylic acids is 2. The number of fused-ring (bicyclic) bond motifs is 1. The van der Waals surface area contributed by atoms with Crippen molar-refractivity contribution >= 4 is 34.9 Å². The molecule has 2 amide bonds. The van der Waals surface area contributed by atoms with Crippen LogP contribution in [0.2, 0.25) is 5.15 Å². The highest BCUT2D eigenvalue weighted by molar-refractivity contribution is 6.29. The summed E-state index contributed by atoms with van der Waals surface area (Å²) in [5.74, 6) is -0.463. The minimum atomic E-state index is -0.510. The number of imidazole rings is 1. The van der Waals surface area contributed by atoms with Gasteiger partial charge in [0.05, 0.1) is 18.4 Å². The molecule has 1 unspecified atom stereocenters. The van der Waals surface area contributed by atoms with Gasteiger partial charge in [-0.2, -0.15) is 5.10 Å². The van der Waals surface area contributed by atoms with E-state index in [0.29, 0.717) is 53.2 Å². The first-order valence-electron chi connectivity index (χ1n) is 10.5. The fourth-order valence-electron chi connectivity index (χ4n) is 4.04. The van der Waals surface area contributed by atoms with Crippen molar-refractivity contribution in [2.75, 3.05) is 18.4 Å². The van der Waals surface area contributed by atoms with Crippen LogP contribution in [0.3, 0.4) is 0 Å². The van der Waals surface area contributed by atoms with Gasteiger partial charge in [-0.05, 0) is 43.0 Å². The molecule has 0 spiro atoms. The molecule has 3 heterocycles. The van der Waals surface area contributed by atoms with Crippen LogP contribution in [0.1, 0.15) is 37.7 Å². The molecular formula is C22H21ClFN5O3. The van der Waals surface area contributed by atoms with Gasteiger partial charge in [-0.3, -0.25) is 4.79 Å². The number of ether oxygens (including phenoxy) is 1. The number of benzene rings is 1. The number of nitrogens with zero attached hydrogens (tertiary/aromatic N) is 4. The van der Waals surface area contributed by atoms with Gasteiger partial charge in [0, 0.05) is 36.7 Å². The molecule has 2 aromatic heterocycles. The van der Waals surface area contributed by atoms with E-state index in [1.165, 1.54) is 17.9 Å². The van der Waals surface area contributed by atoms with Gasteiger partial charge >= 0.3 is 12.0 Å². The molecule has 8 nitrogen and oxygen atoms in total. The molecule has 2 aliphatic rings. The van der Waals surface area contributed by atoms with Crippen molar-refractivity contribution in [2.45, 2.75) is 38.2 Å². The minimum absolute atomic E-state index is 0.308. The predicted octanol–water partition coefficient (Wildman–Crippen LogP) is 4.24. The summed E-state index contributed by atoms with van der Waals surface area (Å²) in [6.07, 6.45) is 4.09. The topological polar surface area (TPSA) is 88.8 Å². The molecule has 1 atom stereocenters. The van der Waals surface area contributed by atoms with Gasteiger partial charge < -0.3 is 15.0 Å². The van der Waals surface area contributed by atoms with Crippen LogP contribution in [0.15, 0.2) is 30.5 Å². The van der Waals surface area contributed by atoms with Gasteiger partial charge in [0.15, 0.2) is 5.65 Å². The van der Waals surface area contributed by atoms with Gasteiger partial charge in [-0.1, -0.05) is 11.6 Å². The van der Waals surface area contributed by atoms with E-state index in [4.69, 9.17) is 16.3 Å². The smallest absolute Gasteiger partial charge is 0.321 e. The number of urea groups is 1. The molecule has 10 heteroatoms. The first-order valence-corrected chi connectivity index (χ1v) is 10.8.